The largest absolute Gasteiger partial charge is 0.365 e. The van der Waals surface area contributed by atoms with Gasteiger partial charge in [0.2, 0.25) is 0 Å². The van der Waals surface area contributed by atoms with Crippen LogP contribution >= 0.6 is 0 Å². The summed E-state index contributed by atoms with van der Waals surface area (Å²) in [5, 5.41) is 3.51. The van der Waals surface area contributed by atoms with Gasteiger partial charge in [-0.15, -0.1) is 0 Å². The SMILES string of the molecule is CCCNCc1nc(C(C)C)ncc1N1CC2CCC1C2. The molecule has 4 nitrogen and oxygen atoms in total. The Morgan fingerprint density at radius 2 is 2.24 bits per heavy atom. The maximum Gasteiger partial charge on any atom is 0.131 e. The maximum atomic E-state index is 4.86. The summed E-state index contributed by atoms with van der Waals surface area (Å²) in [6, 6.07) is 0.730. The van der Waals surface area contributed by atoms with Crippen LogP contribution in [0.3, 0.4) is 0 Å². The molecule has 1 aliphatic carbocycles. The minimum Gasteiger partial charge on any atom is -0.365 e. The molecule has 21 heavy (non-hydrogen) atoms. The van der Waals surface area contributed by atoms with Gasteiger partial charge in [-0.3, -0.25) is 0 Å². The van der Waals surface area contributed by atoms with E-state index in [1.54, 1.807) is 0 Å². The van der Waals surface area contributed by atoms with Crippen molar-refractivity contribution >= 4 is 5.69 Å². The Morgan fingerprint density at radius 1 is 1.38 bits per heavy atom. The van der Waals surface area contributed by atoms with Gasteiger partial charge in [0.25, 0.3) is 0 Å². The normalized spacial score (nSPS) is 24.3. The van der Waals surface area contributed by atoms with Crippen molar-refractivity contribution in [2.24, 2.45) is 5.92 Å². The summed E-state index contributed by atoms with van der Waals surface area (Å²) in [6.45, 7) is 9.64. The predicted octanol–water partition coefficient (Wildman–Crippen LogP) is 3.09. The van der Waals surface area contributed by atoms with E-state index in [1.807, 2.05) is 0 Å². The number of nitrogens with zero attached hydrogens (tertiary/aromatic N) is 3. The van der Waals surface area contributed by atoms with E-state index in [-0.39, 0.29) is 0 Å². The molecule has 0 aromatic carbocycles. The van der Waals surface area contributed by atoms with E-state index in [2.05, 4.69) is 42.2 Å². The Balaban J connectivity index is 1.83. The van der Waals surface area contributed by atoms with E-state index in [1.165, 1.54) is 37.2 Å². The number of piperidine rings is 1. The molecule has 1 saturated heterocycles. The Labute approximate surface area is 128 Å². The molecule has 2 aliphatic rings. The highest BCUT2D eigenvalue weighted by Crippen LogP contribution is 2.40. The van der Waals surface area contributed by atoms with Gasteiger partial charge in [0.1, 0.15) is 5.82 Å². The molecule has 0 spiro atoms. The van der Waals surface area contributed by atoms with Gasteiger partial charge in [0, 0.05) is 25.0 Å². The lowest BCUT2D eigenvalue weighted by Crippen LogP contribution is -2.34. The Hall–Kier alpha value is -1.16. The van der Waals surface area contributed by atoms with Crippen molar-refractivity contribution in [1.29, 1.82) is 0 Å². The van der Waals surface area contributed by atoms with E-state index in [4.69, 9.17) is 4.98 Å². The fraction of sp³-hybridized carbons (Fsp3) is 0.765. The second kappa shape index (κ2) is 6.30. The Kier molecular flexibility index (Phi) is 4.43. The molecule has 0 amide bonds. The van der Waals surface area contributed by atoms with Gasteiger partial charge in [0.05, 0.1) is 17.6 Å². The third kappa shape index (κ3) is 3.05. The summed E-state index contributed by atoms with van der Waals surface area (Å²) < 4.78 is 0. The fourth-order valence-electron chi connectivity index (χ4n) is 3.68. The van der Waals surface area contributed by atoms with Crippen LogP contribution in [0.4, 0.5) is 5.69 Å². The highest BCUT2D eigenvalue weighted by atomic mass is 15.2. The van der Waals surface area contributed by atoms with Crippen LogP contribution < -0.4 is 10.2 Å². The smallest absolute Gasteiger partial charge is 0.131 e. The molecular formula is C17H28N4. The molecule has 2 fully saturated rings. The molecule has 1 aliphatic heterocycles. The third-order valence-electron chi connectivity index (χ3n) is 4.82. The molecule has 2 bridgehead atoms. The number of nitrogens with one attached hydrogen (secondary N) is 1. The number of rotatable bonds is 6. The van der Waals surface area contributed by atoms with E-state index in [0.29, 0.717) is 5.92 Å². The van der Waals surface area contributed by atoms with E-state index in [9.17, 15) is 0 Å². The fourth-order valence-corrected chi connectivity index (χ4v) is 3.68. The van der Waals surface area contributed by atoms with Crippen LogP contribution in [-0.4, -0.2) is 29.1 Å². The van der Waals surface area contributed by atoms with Gasteiger partial charge in [-0.1, -0.05) is 20.8 Å². The zero-order valence-electron chi connectivity index (χ0n) is 13.6. The highest BCUT2D eigenvalue weighted by Gasteiger charge is 2.38. The molecule has 2 unspecified atom stereocenters. The number of hydrogen-bond donors (Lipinski definition) is 1. The second-order valence-electron chi connectivity index (χ2n) is 6.88. The lowest BCUT2D eigenvalue weighted by molar-refractivity contribution is 0.548. The molecule has 2 heterocycles. The first-order chi connectivity index (χ1) is 10.2. The second-order valence-corrected chi connectivity index (χ2v) is 6.88. The van der Waals surface area contributed by atoms with Crippen LogP contribution in [0.1, 0.15) is 63.9 Å². The molecule has 1 N–H and O–H groups in total. The van der Waals surface area contributed by atoms with Gasteiger partial charge < -0.3 is 10.2 Å². The number of aromatic nitrogens is 2. The van der Waals surface area contributed by atoms with E-state index in [0.717, 1.165) is 37.3 Å². The summed E-state index contributed by atoms with van der Waals surface area (Å²) in [7, 11) is 0. The predicted molar refractivity (Wildman–Crippen MR) is 86.6 cm³/mol. The van der Waals surface area contributed by atoms with Crippen LogP contribution in [0, 0.1) is 5.92 Å². The minimum absolute atomic E-state index is 0.388. The van der Waals surface area contributed by atoms with Crippen LogP contribution in [0.25, 0.3) is 0 Å². The molecular weight excluding hydrogens is 260 g/mol. The van der Waals surface area contributed by atoms with Crippen molar-refractivity contribution in [2.45, 2.75) is 65.0 Å². The van der Waals surface area contributed by atoms with Crippen LogP contribution in [0.5, 0.6) is 0 Å². The first kappa shape index (κ1) is 14.8. The summed E-state index contributed by atoms with van der Waals surface area (Å²) in [5.41, 5.74) is 2.46. The summed E-state index contributed by atoms with van der Waals surface area (Å²) >= 11 is 0. The van der Waals surface area contributed by atoms with Crippen LogP contribution in [-0.2, 0) is 6.54 Å². The first-order valence-electron chi connectivity index (χ1n) is 8.52. The highest BCUT2D eigenvalue weighted by molar-refractivity contribution is 5.52. The average Bonchev–Trinajstić information content (AvgIpc) is 3.10. The molecule has 0 radical (unpaired) electrons. The van der Waals surface area contributed by atoms with Crippen molar-refractivity contribution < 1.29 is 0 Å². The zero-order chi connectivity index (χ0) is 14.8. The topological polar surface area (TPSA) is 41.1 Å². The Bertz CT molecular complexity index is 486. The lowest BCUT2D eigenvalue weighted by Gasteiger charge is -2.30. The van der Waals surface area contributed by atoms with Crippen LogP contribution in [0.2, 0.25) is 0 Å². The molecule has 3 rings (SSSR count). The van der Waals surface area contributed by atoms with Gasteiger partial charge in [-0.25, -0.2) is 9.97 Å². The van der Waals surface area contributed by atoms with Gasteiger partial charge in [0.15, 0.2) is 0 Å². The molecule has 116 valence electrons. The number of fused-ring (bicyclic) bond motifs is 2. The van der Waals surface area contributed by atoms with Crippen LogP contribution in [0.15, 0.2) is 6.20 Å². The standard InChI is InChI=1S/C17H28N4/c1-4-7-18-9-15-16(10-19-17(20-15)12(2)3)21-11-13-5-6-14(21)8-13/h10,12-14,18H,4-9,11H2,1-3H3. The van der Waals surface area contributed by atoms with Gasteiger partial charge in [-0.05, 0) is 38.1 Å². The van der Waals surface area contributed by atoms with Gasteiger partial charge in [-0.2, -0.15) is 0 Å². The average molecular weight is 288 g/mol. The Morgan fingerprint density at radius 3 is 2.86 bits per heavy atom. The summed E-state index contributed by atoms with van der Waals surface area (Å²) in [5.74, 6) is 2.26. The number of anilines is 1. The van der Waals surface area contributed by atoms with E-state index < -0.39 is 0 Å². The quantitative estimate of drug-likeness (QED) is 0.817. The first-order valence-corrected chi connectivity index (χ1v) is 8.52. The molecule has 1 aromatic heterocycles. The third-order valence-corrected chi connectivity index (χ3v) is 4.82. The maximum absolute atomic E-state index is 4.86. The van der Waals surface area contributed by atoms with Crippen molar-refractivity contribution in [3.8, 4) is 0 Å². The minimum atomic E-state index is 0.388. The van der Waals surface area contributed by atoms with Gasteiger partial charge >= 0.3 is 0 Å². The monoisotopic (exact) mass is 288 g/mol. The molecule has 4 heteroatoms. The van der Waals surface area contributed by atoms with E-state index >= 15 is 0 Å². The lowest BCUT2D eigenvalue weighted by atomic mass is 10.1. The van der Waals surface area contributed by atoms with Crippen molar-refractivity contribution in [3.05, 3.63) is 17.7 Å². The number of hydrogen-bond acceptors (Lipinski definition) is 4. The molecule has 1 saturated carbocycles. The summed E-state index contributed by atoms with van der Waals surface area (Å²) in [6.07, 6.45) is 7.36. The zero-order valence-corrected chi connectivity index (χ0v) is 13.6. The molecule has 2 atom stereocenters. The summed E-state index contributed by atoms with van der Waals surface area (Å²) in [4.78, 5) is 12.0. The van der Waals surface area contributed by atoms with Crippen molar-refractivity contribution in [1.82, 2.24) is 15.3 Å². The molecule has 1 aromatic rings. The van der Waals surface area contributed by atoms with Crippen molar-refractivity contribution in [3.63, 3.8) is 0 Å². The van der Waals surface area contributed by atoms with Crippen molar-refractivity contribution in [2.75, 3.05) is 18.0 Å².